The van der Waals surface area contributed by atoms with Gasteiger partial charge in [0, 0.05) is 13.6 Å². The number of hydroxylamine groups is 2. The molecule has 1 aromatic rings. The highest BCUT2D eigenvalue weighted by atomic mass is 16.7. The van der Waals surface area contributed by atoms with Crippen molar-refractivity contribution in [3.05, 3.63) is 23.8 Å². The minimum Gasteiger partial charge on any atom is -0.454 e. The van der Waals surface area contributed by atoms with Gasteiger partial charge >= 0.3 is 6.03 Å². The second-order valence-corrected chi connectivity index (χ2v) is 3.69. The first-order chi connectivity index (χ1) is 8.16. The van der Waals surface area contributed by atoms with Gasteiger partial charge in [-0.15, -0.1) is 0 Å². The number of amides is 2. The van der Waals surface area contributed by atoms with Crippen LogP contribution in [0.1, 0.15) is 5.56 Å². The molecule has 0 saturated heterocycles. The van der Waals surface area contributed by atoms with Gasteiger partial charge in [0.1, 0.15) is 0 Å². The molecule has 0 saturated carbocycles. The predicted octanol–water partition coefficient (Wildman–Crippen LogP) is 0.988. The standard InChI is InChI=1S/C11H14N2O4/c1-13(15)11(14)12-5-4-8-2-3-9-10(6-8)17-7-16-9/h2-3,6,15H,4-5,7H2,1H3,(H,12,14). The number of urea groups is 1. The van der Waals surface area contributed by atoms with Crippen molar-refractivity contribution in [3.8, 4) is 11.5 Å². The normalized spacial score (nSPS) is 12.4. The number of hydrogen-bond donors (Lipinski definition) is 2. The molecule has 0 fully saturated rings. The van der Waals surface area contributed by atoms with E-state index in [2.05, 4.69) is 5.32 Å². The Morgan fingerprint density at radius 1 is 1.47 bits per heavy atom. The fraction of sp³-hybridized carbons (Fsp3) is 0.364. The van der Waals surface area contributed by atoms with E-state index in [0.29, 0.717) is 18.0 Å². The van der Waals surface area contributed by atoms with Crippen LogP contribution in [-0.2, 0) is 6.42 Å². The lowest BCUT2D eigenvalue weighted by atomic mass is 10.1. The molecule has 0 atom stereocenters. The number of fused-ring (bicyclic) bond motifs is 1. The Bertz CT molecular complexity index is 420. The number of nitrogens with zero attached hydrogens (tertiary/aromatic N) is 1. The lowest BCUT2D eigenvalue weighted by Crippen LogP contribution is -2.36. The molecule has 1 aliphatic heterocycles. The largest absolute Gasteiger partial charge is 0.454 e. The van der Waals surface area contributed by atoms with Gasteiger partial charge in [0.2, 0.25) is 6.79 Å². The smallest absolute Gasteiger partial charge is 0.340 e. The van der Waals surface area contributed by atoms with Crippen molar-refractivity contribution in [1.82, 2.24) is 10.4 Å². The van der Waals surface area contributed by atoms with E-state index in [4.69, 9.17) is 14.7 Å². The van der Waals surface area contributed by atoms with Crippen LogP contribution in [0.4, 0.5) is 4.79 Å². The molecule has 17 heavy (non-hydrogen) atoms. The summed E-state index contributed by atoms with van der Waals surface area (Å²) < 4.78 is 10.4. The van der Waals surface area contributed by atoms with Gasteiger partial charge in [0.25, 0.3) is 0 Å². The summed E-state index contributed by atoms with van der Waals surface area (Å²) >= 11 is 0. The van der Waals surface area contributed by atoms with Gasteiger partial charge in [-0.25, -0.2) is 9.86 Å². The Morgan fingerprint density at radius 3 is 3.00 bits per heavy atom. The van der Waals surface area contributed by atoms with Crippen LogP contribution in [0.15, 0.2) is 18.2 Å². The molecule has 0 radical (unpaired) electrons. The lowest BCUT2D eigenvalue weighted by molar-refractivity contribution is -0.0181. The third-order valence-electron chi connectivity index (χ3n) is 2.42. The molecule has 1 aromatic carbocycles. The fourth-order valence-corrected chi connectivity index (χ4v) is 1.52. The predicted molar refractivity (Wildman–Crippen MR) is 59.2 cm³/mol. The third-order valence-corrected chi connectivity index (χ3v) is 2.42. The number of ether oxygens (including phenoxy) is 2. The molecular formula is C11H14N2O4. The summed E-state index contributed by atoms with van der Waals surface area (Å²) in [6.07, 6.45) is 0.663. The van der Waals surface area contributed by atoms with E-state index in [-0.39, 0.29) is 6.79 Å². The minimum atomic E-state index is -0.522. The first kappa shape index (κ1) is 11.5. The Hall–Kier alpha value is -1.95. The SMILES string of the molecule is CN(O)C(=O)NCCc1ccc2c(c1)OCO2. The molecule has 1 heterocycles. The summed E-state index contributed by atoms with van der Waals surface area (Å²) in [5.74, 6) is 1.47. The molecule has 0 aromatic heterocycles. The average molecular weight is 238 g/mol. The maximum atomic E-state index is 11.0. The van der Waals surface area contributed by atoms with Gasteiger partial charge in [-0.2, -0.15) is 0 Å². The number of nitrogens with one attached hydrogen (secondary N) is 1. The molecule has 0 unspecified atom stereocenters. The number of hydrogen-bond acceptors (Lipinski definition) is 4. The lowest BCUT2D eigenvalue weighted by Gasteiger charge is -2.10. The van der Waals surface area contributed by atoms with Crippen molar-refractivity contribution in [1.29, 1.82) is 0 Å². The molecule has 0 bridgehead atoms. The zero-order valence-corrected chi connectivity index (χ0v) is 9.47. The van der Waals surface area contributed by atoms with Crippen LogP contribution >= 0.6 is 0 Å². The maximum Gasteiger partial charge on any atom is 0.340 e. The third kappa shape index (κ3) is 2.79. The molecular weight excluding hydrogens is 224 g/mol. The van der Waals surface area contributed by atoms with Gasteiger partial charge in [-0.1, -0.05) is 6.07 Å². The van der Waals surface area contributed by atoms with Crippen molar-refractivity contribution in [2.45, 2.75) is 6.42 Å². The molecule has 1 aliphatic rings. The van der Waals surface area contributed by atoms with E-state index in [1.54, 1.807) is 0 Å². The van der Waals surface area contributed by atoms with E-state index < -0.39 is 6.03 Å². The second kappa shape index (κ2) is 4.92. The van der Waals surface area contributed by atoms with Crippen LogP contribution in [0.5, 0.6) is 11.5 Å². The van der Waals surface area contributed by atoms with E-state index >= 15 is 0 Å². The highest BCUT2D eigenvalue weighted by molar-refractivity contribution is 5.72. The summed E-state index contributed by atoms with van der Waals surface area (Å²) in [5, 5.41) is 11.9. The van der Waals surface area contributed by atoms with E-state index in [1.807, 2.05) is 18.2 Å². The van der Waals surface area contributed by atoms with Gasteiger partial charge < -0.3 is 14.8 Å². The van der Waals surface area contributed by atoms with E-state index in [9.17, 15) is 4.79 Å². The summed E-state index contributed by atoms with van der Waals surface area (Å²) in [6.45, 7) is 0.703. The topological polar surface area (TPSA) is 71.0 Å². The first-order valence-corrected chi connectivity index (χ1v) is 5.26. The summed E-state index contributed by atoms with van der Waals surface area (Å²) in [4.78, 5) is 11.0. The Morgan fingerprint density at radius 2 is 2.24 bits per heavy atom. The monoisotopic (exact) mass is 238 g/mol. The van der Waals surface area contributed by atoms with Crippen LogP contribution in [0.25, 0.3) is 0 Å². The zero-order chi connectivity index (χ0) is 12.3. The molecule has 2 rings (SSSR count). The number of rotatable bonds is 3. The molecule has 0 aliphatic carbocycles. The van der Waals surface area contributed by atoms with Crippen LogP contribution in [0, 0.1) is 0 Å². The molecule has 0 spiro atoms. The molecule has 2 N–H and O–H groups in total. The van der Waals surface area contributed by atoms with Gasteiger partial charge in [-0.05, 0) is 24.1 Å². The Balaban J connectivity index is 1.85. The Kier molecular flexibility index (Phi) is 3.34. The summed E-state index contributed by atoms with van der Waals surface area (Å²) in [7, 11) is 1.27. The van der Waals surface area contributed by atoms with Crippen LogP contribution in [0.3, 0.4) is 0 Å². The molecule has 6 heteroatoms. The highest BCUT2D eigenvalue weighted by Gasteiger charge is 2.13. The summed E-state index contributed by atoms with van der Waals surface area (Å²) in [6, 6.07) is 5.13. The van der Waals surface area contributed by atoms with Gasteiger partial charge in [0.15, 0.2) is 11.5 Å². The summed E-state index contributed by atoms with van der Waals surface area (Å²) in [5.41, 5.74) is 1.04. The van der Waals surface area contributed by atoms with E-state index in [0.717, 1.165) is 17.1 Å². The number of carbonyl (C=O) groups excluding carboxylic acids is 1. The van der Waals surface area contributed by atoms with Crippen LogP contribution < -0.4 is 14.8 Å². The number of carbonyl (C=O) groups is 1. The Labute approximate surface area is 98.7 Å². The molecule has 6 nitrogen and oxygen atoms in total. The van der Waals surface area contributed by atoms with Gasteiger partial charge in [0.05, 0.1) is 0 Å². The van der Waals surface area contributed by atoms with Crippen molar-refractivity contribution >= 4 is 6.03 Å². The van der Waals surface area contributed by atoms with Crippen LogP contribution in [-0.4, -0.2) is 36.7 Å². The first-order valence-electron chi connectivity index (χ1n) is 5.26. The molecule has 92 valence electrons. The number of benzene rings is 1. The highest BCUT2D eigenvalue weighted by Crippen LogP contribution is 2.32. The quantitative estimate of drug-likeness (QED) is 0.608. The van der Waals surface area contributed by atoms with Crippen LogP contribution in [0.2, 0.25) is 0 Å². The minimum absolute atomic E-state index is 0.255. The van der Waals surface area contributed by atoms with Crippen molar-refractivity contribution in [3.63, 3.8) is 0 Å². The molecule has 2 amide bonds. The van der Waals surface area contributed by atoms with Gasteiger partial charge in [-0.3, -0.25) is 5.21 Å². The zero-order valence-electron chi connectivity index (χ0n) is 9.47. The fourth-order valence-electron chi connectivity index (χ4n) is 1.52. The second-order valence-electron chi connectivity index (χ2n) is 3.69. The maximum absolute atomic E-state index is 11.0. The average Bonchev–Trinajstić information content (AvgIpc) is 2.75. The van der Waals surface area contributed by atoms with Crippen molar-refractivity contribution in [2.75, 3.05) is 20.4 Å². The van der Waals surface area contributed by atoms with E-state index in [1.165, 1.54) is 7.05 Å². The van der Waals surface area contributed by atoms with Crippen molar-refractivity contribution < 1.29 is 19.5 Å². The van der Waals surface area contributed by atoms with Crippen molar-refractivity contribution in [2.24, 2.45) is 0 Å².